The minimum Gasteiger partial charge on any atom is -0.358 e. The second-order valence-electron chi connectivity index (χ2n) is 3.72. The van der Waals surface area contributed by atoms with Crippen molar-refractivity contribution in [3.05, 3.63) is 0 Å². The van der Waals surface area contributed by atoms with Crippen molar-refractivity contribution >= 4 is 5.91 Å². The summed E-state index contributed by atoms with van der Waals surface area (Å²) in [6.07, 6.45) is 2.36. The molecule has 0 bridgehead atoms. The number of nitrogens with one attached hydrogen (secondary N) is 2. The molecule has 1 unspecified atom stereocenters. The second kappa shape index (κ2) is 5.98. The van der Waals surface area contributed by atoms with Gasteiger partial charge in [-0.3, -0.25) is 9.69 Å². The highest BCUT2D eigenvalue weighted by molar-refractivity contribution is 5.81. The van der Waals surface area contributed by atoms with E-state index in [4.69, 9.17) is 0 Å². The third-order valence-electron chi connectivity index (χ3n) is 2.70. The van der Waals surface area contributed by atoms with Gasteiger partial charge in [0.05, 0.1) is 0 Å². The van der Waals surface area contributed by atoms with Crippen molar-refractivity contribution in [2.24, 2.45) is 0 Å². The number of nitrogens with zero attached hydrogens (tertiary/aromatic N) is 1. The molecule has 0 aliphatic carbocycles. The number of carbonyl (C=O) groups is 1. The highest BCUT2D eigenvalue weighted by Gasteiger charge is 2.26. The quantitative estimate of drug-likeness (QED) is 0.659. The molecule has 1 aliphatic rings. The normalized spacial score (nSPS) is 23.4. The molecule has 4 heteroatoms. The van der Waals surface area contributed by atoms with Crippen LogP contribution in [0.25, 0.3) is 0 Å². The molecule has 1 amide bonds. The van der Waals surface area contributed by atoms with E-state index in [0.717, 1.165) is 26.2 Å². The standard InChI is InChI=1S/C10H21N3O/c1-3-4-6-13-7-5-12-8-9(13)10(14)11-2/h9,12H,3-8H2,1-2H3,(H,11,14). The Kier molecular flexibility index (Phi) is 4.90. The van der Waals surface area contributed by atoms with Crippen molar-refractivity contribution in [2.45, 2.75) is 25.8 Å². The molecule has 4 nitrogen and oxygen atoms in total. The van der Waals surface area contributed by atoms with Crippen LogP contribution in [0.15, 0.2) is 0 Å². The smallest absolute Gasteiger partial charge is 0.238 e. The fourth-order valence-electron chi connectivity index (χ4n) is 1.80. The molecule has 0 aromatic heterocycles. The van der Waals surface area contributed by atoms with Crippen molar-refractivity contribution < 1.29 is 4.79 Å². The maximum atomic E-state index is 11.5. The van der Waals surface area contributed by atoms with Crippen LogP contribution in [0, 0.1) is 0 Å². The number of amides is 1. The summed E-state index contributed by atoms with van der Waals surface area (Å²) in [5.41, 5.74) is 0. The molecule has 1 heterocycles. The van der Waals surface area contributed by atoms with Gasteiger partial charge in [0.1, 0.15) is 6.04 Å². The second-order valence-corrected chi connectivity index (χ2v) is 3.72. The van der Waals surface area contributed by atoms with Crippen LogP contribution < -0.4 is 10.6 Å². The maximum Gasteiger partial charge on any atom is 0.238 e. The number of carbonyl (C=O) groups excluding carboxylic acids is 1. The molecule has 0 saturated carbocycles. The SMILES string of the molecule is CCCCN1CCNCC1C(=O)NC. The Morgan fingerprint density at radius 1 is 1.64 bits per heavy atom. The summed E-state index contributed by atoms with van der Waals surface area (Å²) < 4.78 is 0. The first-order valence-electron chi connectivity index (χ1n) is 5.46. The highest BCUT2D eigenvalue weighted by atomic mass is 16.2. The van der Waals surface area contributed by atoms with E-state index in [9.17, 15) is 4.79 Å². The van der Waals surface area contributed by atoms with Crippen LogP contribution in [0.4, 0.5) is 0 Å². The summed E-state index contributed by atoms with van der Waals surface area (Å²) in [6.45, 7) is 5.98. The van der Waals surface area contributed by atoms with Crippen LogP contribution in [0.5, 0.6) is 0 Å². The summed E-state index contributed by atoms with van der Waals surface area (Å²) >= 11 is 0. The number of hydrogen-bond acceptors (Lipinski definition) is 3. The lowest BCUT2D eigenvalue weighted by Crippen LogP contribution is -2.57. The van der Waals surface area contributed by atoms with Gasteiger partial charge >= 0.3 is 0 Å². The fourth-order valence-corrected chi connectivity index (χ4v) is 1.80. The molecule has 1 fully saturated rings. The molecule has 0 spiro atoms. The number of rotatable bonds is 4. The summed E-state index contributed by atoms with van der Waals surface area (Å²) in [4.78, 5) is 13.8. The predicted molar refractivity (Wildman–Crippen MR) is 57.2 cm³/mol. The van der Waals surface area contributed by atoms with E-state index in [2.05, 4.69) is 22.5 Å². The molecule has 1 atom stereocenters. The van der Waals surface area contributed by atoms with Gasteiger partial charge in [0.25, 0.3) is 0 Å². The molecule has 1 rings (SSSR count). The molecule has 14 heavy (non-hydrogen) atoms. The Hall–Kier alpha value is -0.610. The largest absolute Gasteiger partial charge is 0.358 e. The van der Waals surface area contributed by atoms with Gasteiger partial charge in [0.15, 0.2) is 0 Å². The topological polar surface area (TPSA) is 44.4 Å². The number of hydrogen-bond donors (Lipinski definition) is 2. The summed E-state index contributed by atoms with van der Waals surface area (Å²) in [5, 5.41) is 5.97. The highest BCUT2D eigenvalue weighted by Crippen LogP contribution is 2.05. The Labute approximate surface area is 86.0 Å². The zero-order chi connectivity index (χ0) is 10.4. The van der Waals surface area contributed by atoms with Crippen LogP contribution in [-0.4, -0.2) is 50.1 Å². The Morgan fingerprint density at radius 3 is 3.07 bits per heavy atom. The first-order chi connectivity index (χ1) is 6.79. The molecule has 1 saturated heterocycles. The molecule has 0 aromatic rings. The van der Waals surface area contributed by atoms with Crippen LogP contribution in [0.3, 0.4) is 0 Å². The molecular formula is C10H21N3O. The Bertz CT molecular complexity index is 184. The third-order valence-corrected chi connectivity index (χ3v) is 2.70. The number of unbranched alkanes of at least 4 members (excludes halogenated alkanes) is 1. The van der Waals surface area contributed by atoms with E-state index >= 15 is 0 Å². The van der Waals surface area contributed by atoms with Crippen molar-refractivity contribution in [1.82, 2.24) is 15.5 Å². The monoisotopic (exact) mass is 199 g/mol. The van der Waals surface area contributed by atoms with Crippen molar-refractivity contribution in [2.75, 3.05) is 33.2 Å². The molecule has 0 aromatic carbocycles. The summed E-state index contributed by atoms with van der Waals surface area (Å²) in [7, 11) is 1.70. The van der Waals surface area contributed by atoms with E-state index in [1.807, 2.05) is 0 Å². The molecular weight excluding hydrogens is 178 g/mol. The molecule has 82 valence electrons. The zero-order valence-electron chi connectivity index (χ0n) is 9.18. The number of piperazine rings is 1. The molecule has 1 aliphatic heterocycles. The van der Waals surface area contributed by atoms with Crippen LogP contribution >= 0.6 is 0 Å². The summed E-state index contributed by atoms with van der Waals surface area (Å²) in [5.74, 6) is 0.133. The van der Waals surface area contributed by atoms with Crippen molar-refractivity contribution in [3.8, 4) is 0 Å². The first kappa shape index (κ1) is 11.5. The molecule has 2 N–H and O–H groups in total. The minimum atomic E-state index is 0.0281. The lowest BCUT2D eigenvalue weighted by Gasteiger charge is -2.34. The average Bonchev–Trinajstić information content (AvgIpc) is 2.25. The van der Waals surface area contributed by atoms with Crippen LogP contribution in [0.1, 0.15) is 19.8 Å². The van der Waals surface area contributed by atoms with Crippen LogP contribution in [-0.2, 0) is 4.79 Å². The van der Waals surface area contributed by atoms with E-state index in [-0.39, 0.29) is 11.9 Å². The van der Waals surface area contributed by atoms with Gasteiger partial charge in [-0.25, -0.2) is 0 Å². The van der Waals surface area contributed by atoms with Gasteiger partial charge in [0.2, 0.25) is 5.91 Å². The van der Waals surface area contributed by atoms with Crippen molar-refractivity contribution in [1.29, 1.82) is 0 Å². The Morgan fingerprint density at radius 2 is 2.43 bits per heavy atom. The van der Waals surface area contributed by atoms with Gasteiger partial charge in [-0.05, 0) is 13.0 Å². The van der Waals surface area contributed by atoms with Gasteiger partial charge in [-0.15, -0.1) is 0 Å². The van der Waals surface area contributed by atoms with Gasteiger partial charge in [-0.2, -0.15) is 0 Å². The van der Waals surface area contributed by atoms with E-state index in [1.54, 1.807) is 7.05 Å². The predicted octanol–water partition coefficient (Wildman–Crippen LogP) is -0.194. The van der Waals surface area contributed by atoms with E-state index in [1.165, 1.54) is 12.8 Å². The average molecular weight is 199 g/mol. The van der Waals surface area contributed by atoms with E-state index < -0.39 is 0 Å². The minimum absolute atomic E-state index is 0.0281. The van der Waals surface area contributed by atoms with Gasteiger partial charge in [0, 0.05) is 26.7 Å². The first-order valence-corrected chi connectivity index (χ1v) is 5.46. The zero-order valence-corrected chi connectivity index (χ0v) is 9.18. The Balaban J connectivity index is 2.45. The number of likely N-dealkylation sites (N-methyl/N-ethyl adjacent to an activating group) is 1. The van der Waals surface area contributed by atoms with Crippen molar-refractivity contribution in [3.63, 3.8) is 0 Å². The summed E-state index contributed by atoms with van der Waals surface area (Å²) in [6, 6.07) is 0.0281. The fraction of sp³-hybridized carbons (Fsp3) is 0.900. The third kappa shape index (κ3) is 2.96. The van der Waals surface area contributed by atoms with Gasteiger partial charge in [-0.1, -0.05) is 13.3 Å². The lowest BCUT2D eigenvalue weighted by atomic mass is 10.1. The van der Waals surface area contributed by atoms with E-state index in [0.29, 0.717) is 0 Å². The van der Waals surface area contributed by atoms with Gasteiger partial charge < -0.3 is 10.6 Å². The maximum absolute atomic E-state index is 11.5. The molecule has 0 radical (unpaired) electrons. The lowest BCUT2D eigenvalue weighted by molar-refractivity contribution is -0.126. The van der Waals surface area contributed by atoms with Crippen LogP contribution in [0.2, 0.25) is 0 Å².